The Morgan fingerprint density at radius 3 is 2.85 bits per heavy atom. The molecule has 0 aliphatic heterocycles. The second-order valence-electron chi connectivity index (χ2n) is 5.50. The summed E-state index contributed by atoms with van der Waals surface area (Å²) in [7, 11) is 0. The molecular weight excluding hydrogens is 318 g/mol. The zero-order valence-electron chi connectivity index (χ0n) is 11.7. The average molecular weight is 338 g/mol. The van der Waals surface area contributed by atoms with Crippen LogP contribution in [0.5, 0.6) is 0 Å². The fourth-order valence-corrected chi connectivity index (χ4v) is 3.23. The Bertz CT molecular complexity index is 501. The monoisotopic (exact) mass is 337 g/mol. The third kappa shape index (κ3) is 3.92. The first kappa shape index (κ1) is 15.2. The van der Waals surface area contributed by atoms with Gasteiger partial charge in [0, 0.05) is 29.8 Å². The van der Waals surface area contributed by atoms with Crippen LogP contribution in [0.1, 0.15) is 31.7 Å². The molecule has 1 amide bonds. The van der Waals surface area contributed by atoms with E-state index in [0.717, 1.165) is 10.9 Å². The molecule has 1 N–H and O–H groups in total. The van der Waals surface area contributed by atoms with Crippen molar-refractivity contribution in [1.82, 2.24) is 5.32 Å². The maximum absolute atomic E-state index is 12.2. The van der Waals surface area contributed by atoms with Gasteiger partial charge < -0.3 is 5.32 Å². The van der Waals surface area contributed by atoms with E-state index in [9.17, 15) is 9.59 Å². The molecule has 1 aromatic rings. The number of carbonyl (C=O) groups excluding carboxylic acids is 2. The molecule has 0 radical (unpaired) electrons. The molecule has 1 fully saturated rings. The van der Waals surface area contributed by atoms with Crippen LogP contribution in [0.15, 0.2) is 28.7 Å². The van der Waals surface area contributed by atoms with E-state index < -0.39 is 0 Å². The maximum atomic E-state index is 12.2. The minimum absolute atomic E-state index is 0.00749. The van der Waals surface area contributed by atoms with Gasteiger partial charge in [-0.1, -0.05) is 41.1 Å². The smallest absolute Gasteiger partial charge is 0.223 e. The lowest BCUT2D eigenvalue weighted by Gasteiger charge is -2.26. The molecule has 4 heteroatoms. The van der Waals surface area contributed by atoms with E-state index >= 15 is 0 Å². The van der Waals surface area contributed by atoms with Crippen LogP contribution in [0.4, 0.5) is 0 Å². The van der Waals surface area contributed by atoms with E-state index in [1.807, 2.05) is 25.1 Å². The highest BCUT2D eigenvalue weighted by Gasteiger charge is 2.30. The summed E-state index contributed by atoms with van der Waals surface area (Å²) in [4.78, 5) is 23.5. The number of rotatable bonds is 4. The summed E-state index contributed by atoms with van der Waals surface area (Å²) in [6.07, 6.45) is 2.60. The Kier molecular flexibility index (Phi) is 5.35. The molecule has 108 valence electrons. The summed E-state index contributed by atoms with van der Waals surface area (Å²) in [5.41, 5.74) is 1.19. The first-order valence-corrected chi connectivity index (χ1v) is 7.90. The molecule has 1 aromatic carbocycles. The van der Waals surface area contributed by atoms with Crippen LogP contribution in [-0.4, -0.2) is 18.2 Å². The number of ketones is 1. The lowest BCUT2D eigenvalue weighted by molar-refractivity contribution is -0.130. The quantitative estimate of drug-likeness (QED) is 0.917. The second-order valence-corrected chi connectivity index (χ2v) is 6.35. The van der Waals surface area contributed by atoms with Gasteiger partial charge in [-0.15, -0.1) is 0 Å². The minimum atomic E-state index is -0.00749. The summed E-state index contributed by atoms with van der Waals surface area (Å²) in [5.74, 6) is 0.540. The number of hydrogen-bond donors (Lipinski definition) is 1. The SMILES string of the molecule is C[C@H]1CC(=O)CC[C@H]1C(=O)NCCc1ccccc1Br. The molecule has 0 unspecified atom stereocenters. The molecule has 0 aromatic heterocycles. The van der Waals surface area contributed by atoms with E-state index in [-0.39, 0.29) is 23.5 Å². The maximum Gasteiger partial charge on any atom is 0.223 e. The van der Waals surface area contributed by atoms with Crippen molar-refractivity contribution in [3.8, 4) is 0 Å². The second kappa shape index (κ2) is 7.02. The van der Waals surface area contributed by atoms with Crippen molar-refractivity contribution >= 4 is 27.6 Å². The van der Waals surface area contributed by atoms with E-state index in [4.69, 9.17) is 0 Å². The van der Waals surface area contributed by atoms with Crippen molar-refractivity contribution in [3.05, 3.63) is 34.3 Å². The number of Topliss-reactive ketones (excluding diaryl/α,β-unsaturated/α-hetero) is 1. The molecule has 3 nitrogen and oxygen atoms in total. The van der Waals surface area contributed by atoms with E-state index in [0.29, 0.717) is 25.8 Å². The van der Waals surface area contributed by atoms with Gasteiger partial charge in [-0.2, -0.15) is 0 Å². The van der Waals surface area contributed by atoms with Gasteiger partial charge >= 0.3 is 0 Å². The molecule has 0 bridgehead atoms. The highest BCUT2D eigenvalue weighted by Crippen LogP contribution is 2.27. The molecule has 1 aliphatic carbocycles. The van der Waals surface area contributed by atoms with Crippen LogP contribution in [0, 0.1) is 11.8 Å². The van der Waals surface area contributed by atoms with Gasteiger partial charge in [0.05, 0.1) is 0 Å². The van der Waals surface area contributed by atoms with Gasteiger partial charge in [0.15, 0.2) is 0 Å². The molecule has 2 rings (SSSR count). The van der Waals surface area contributed by atoms with Crippen molar-refractivity contribution < 1.29 is 9.59 Å². The normalized spacial score (nSPS) is 22.6. The lowest BCUT2D eigenvalue weighted by atomic mass is 9.79. The Hall–Kier alpha value is -1.16. The molecule has 1 saturated carbocycles. The molecule has 20 heavy (non-hydrogen) atoms. The van der Waals surface area contributed by atoms with Gasteiger partial charge in [-0.05, 0) is 30.4 Å². The van der Waals surface area contributed by atoms with E-state index in [2.05, 4.69) is 27.3 Å². The molecule has 0 spiro atoms. The Labute approximate surface area is 128 Å². The standard InChI is InChI=1S/C16H20BrNO2/c1-11-10-13(19)6-7-14(11)16(20)18-9-8-12-4-2-3-5-15(12)17/h2-5,11,14H,6-10H2,1H3,(H,18,20)/t11-,14+/m0/s1. The Balaban J connectivity index is 1.81. The van der Waals surface area contributed by atoms with Crippen molar-refractivity contribution in [2.45, 2.75) is 32.6 Å². The van der Waals surface area contributed by atoms with Gasteiger partial charge in [0.2, 0.25) is 5.91 Å². The zero-order chi connectivity index (χ0) is 14.5. The number of benzene rings is 1. The minimum Gasteiger partial charge on any atom is -0.356 e. The van der Waals surface area contributed by atoms with Gasteiger partial charge in [-0.3, -0.25) is 9.59 Å². The number of carbonyl (C=O) groups is 2. The topological polar surface area (TPSA) is 46.2 Å². The number of amides is 1. The van der Waals surface area contributed by atoms with Crippen molar-refractivity contribution in [3.63, 3.8) is 0 Å². The molecule has 1 aliphatic rings. The summed E-state index contributed by atoms with van der Waals surface area (Å²) < 4.78 is 1.07. The van der Waals surface area contributed by atoms with Crippen molar-refractivity contribution in [2.24, 2.45) is 11.8 Å². The summed E-state index contributed by atoms with van der Waals surface area (Å²) in [6.45, 7) is 2.63. The molecular formula is C16H20BrNO2. The highest BCUT2D eigenvalue weighted by atomic mass is 79.9. The first-order chi connectivity index (χ1) is 9.58. The number of halogens is 1. The van der Waals surface area contributed by atoms with Crippen LogP contribution in [0.3, 0.4) is 0 Å². The highest BCUT2D eigenvalue weighted by molar-refractivity contribution is 9.10. The summed E-state index contributed by atoms with van der Waals surface area (Å²) in [5, 5.41) is 3.00. The summed E-state index contributed by atoms with van der Waals surface area (Å²) >= 11 is 3.51. The van der Waals surface area contributed by atoms with Crippen LogP contribution in [0.25, 0.3) is 0 Å². The Morgan fingerprint density at radius 2 is 2.15 bits per heavy atom. The van der Waals surface area contributed by atoms with Gasteiger partial charge in [-0.25, -0.2) is 0 Å². The average Bonchev–Trinajstić information content (AvgIpc) is 2.40. The van der Waals surface area contributed by atoms with Gasteiger partial charge in [0.25, 0.3) is 0 Å². The molecule has 0 saturated heterocycles. The third-order valence-corrected chi connectivity index (χ3v) is 4.73. The predicted molar refractivity (Wildman–Crippen MR) is 82.4 cm³/mol. The third-order valence-electron chi connectivity index (χ3n) is 3.96. The van der Waals surface area contributed by atoms with Crippen molar-refractivity contribution in [2.75, 3.05) is 6.54 Å². The predicted octanol–water partition coefficient (Wildman–Crippen LogP) is 3.11. The molecule has 0 heterocycles. The van der Waals surface area contributed by atoms with E-state index in [1.54, 1.807) is 0 Å². The molecule has 2 atom stereocenters. The largest absolute Gasteiger partial charge is 0.356 e. The van der Waals surface area contributed by atoms with Crippen LogP contribution in [-0.2, 0) is 16.0 Å². The number of hydrogen-bond acceptors (Lipinski definition) is 2. The zero-order valence-corrected chi connectivity index (χ0v) is 13.3. The fraction of sp³-hybridized carbons (Fsp3) is 0.500. The first-order valence-electron chi connectivity index (χ1n) is 7.10. The van der Waals surface area contributed by atoms with Crippen LogP contribution >= 0.6 is 15.9 Å². The van der Waals surface area contributed by atoms with Crippen molar-refractivity contribution in [1.29, 1.82) is 0 Å². The number of nitrogens with one attached hydrogen (secondary N) is 1. The fourth-order valence-electron chi connectivity index (χ4n) is 2.75. The van der Waals surface area contributed by atoms with Gasteiger partial charge in [0.1, 0.15) is 5.78 Å². The van der Waals surface area contributed by atoms with Crippen LogP contribution in [0.2, 0.25) is 0 Å². The van der Waals surface area contributed by atoms with Crippen LogP contribution < -0.4 is 5.32 Å². The van der Waals surface area contributed by atoms with E-state index in [1.165, 1.54) is 5.56 Å². The summed E-state index contributed by atoms with van der Waals surface area (Å²) in [6, 6.07) is 8.04. The lowest BCUT2D eigenvalue weighted by Crippen LogP contribution is -2.38. The Morgan fingerprint density at radius 1 is 1.40 bits per heavy atom.